The first-order valence-electron chi connectivity index (χ1n) is 5.84. The second-order valence-electron chi connectivity index (χ2n) is 4.52. The third-order valence-corrected chi connectivity index (χ3v) is 2.79. The van der Waals surface area contributed by atoms with E-state index in [1.807, 2.05) is 11.8 Å². The van der Waals surface area contributed by atoms with Crippen molar-refractivity contribution in [3.63, 3.8) is 0 Å². The van der Waals surface area contributed by atoms with Gasteiger partial charge in [-0.1, -0.05) is 6.92 Å². The van der Waals surface area contributed by atoms with Gasteiger partial charge < -0.3 is 20.1 Å². The lowest BCUT2D eigenvalue weighted by Gasteiger charge is -2.21. The predicted octanol–water partition coefficient (Wildman–Crippen LogP) is 0.527. The van der Waals surface area contributed by atoms with Gasteiger partial charge in [0.2, 0.25) is 0 Å². The zero-order valence-corrected chi connectivity index (χ0v) is 10.3. The summed E-state index contributed by atoms with van der Waals surface area (Å²) in [7, 11) is 0. The number of likely N-dealkylation sites (tertiary alicyclic amines) is 1. The van der Waals surface area contributed by atoms with Crippen molar-refractivity contribution >= 4 is 12.0 Å². The molecule has 0 saturated carbocycles. The number of urea groups is 1. The summed E-state index contributed by atoms with van der Waals surface area (Å²) in [6.07, 6.45) is 1.03. The topological polar surface area (TPSA) is 78.9 Å². The van der Waals surface area contributed by atoms with E-state index in [0.717, 1.165) is 13.0 Å². The van der Waals surface area contributed by atoms with Crippen molar-refractivity contribution in [3.05, 3.63) is 0 Å². The predicted molar refractivity (Wildman–Crippen MR) is 61.8 cm³/mol. The molecular formula is C11H20N2O4. The van der Waals surface area contributed by atoms with Gasteiger partial charge in [0.25, 0.3) is 0 Å². The van der Waals surface area contributed by atoms with E-state index in [4.69, 9.17) is 9.84 Å². The number of amides is 2. The van der Waals surface area contributed by atoms with Gasteiger partial charge in [-0.25, -0.2) is 9.59 Å². The van der Waals surface area contributed by atoms with Crippen LogP contribution in [0.2, 0.25) is 0 Å². The molecule has 0 aliphatic carbocycles. The van der Waals surface area contributed by atoms with Crippen molar-refractivity contribution in [2.45, 2.75) is 26.3 Å². The number of carboxylic acids is 1. The standard InChI is InChI=1S/C11H20N2O4/c1-8-5-9(2)13(6-8)11(16)12-3-4-17-7-10(14)15/h8-9H,3-7H2,1-2H3,(H,12,16)(H,14,15). The first-order chi connectivity index (χ1) is 8.00. The summed E-state index contributed by atoms with van der Waals surface area (Å²) < 4.78 is 4.82. The zero-order chi connectivity index (χ0) is 12.8. The summed E-state index contributed by atoms with van der Waals surface area (Å²) >= 11 is 0. The fourth-order valence-corrected chi connectivity index (χ4v) is 2.07. The maximum absolute atomic E-state index is 11.7. The SMILES string of the molecule is CC1CC(C)N(C(=O)NCCOCC(=O)O)C1. The molecule has 1 saturated heterocycles. The monoisotopic (exact) mass is 244 g/mol. The minimum Gasteiger partial charge on any atom is -0.480 e. The Morgan fingerprint density at radius 3 is 2.71 bits per heavy atom. The van der Waals surface area contributed by atoms with Crippen molar-refractivity contribution in [1.29, 1.82) is 0 Å². The fourth-order valence-electron chi connectivity index (χ4n) is 2.07. The van der Waals surface area contributed by atoms with E-state index >= 15 is 0 Å². The Morgan fingerprint density at radius 2 is 2.18 bits per heavy atom. The molecule has 1 aliphatic heterocycles. The summed E-state index contributed by atoms with van der Waals surface area (Å²) in [4.78, 5) is 23.7. The molecule has 0 aromatic rings. The Hall–Kier alpha value is -1.30. The molecule has 1 aliphatic rings. The number of hydrogen-bond acceptors (Lipinski definition) is 3. The maximum Gasteiger partial charge on any atom is 0.329 e. The highest BCUT2D eigenvalue weighted by Crippen LogP contribution is 2.21. The summed E-state index contributed by atoms with van der Waals surface area (Å²) in [5, 5.41) is 11.1. The van der Waals surface area contributed by atoms with Crippen LogP contribution in [0.1, 0.15) is 20.3 Å². The van der Waals surface area contributed by atoms with Crippen molar-refractivity contribution in [2.75, 3.05) is 26.3 Å². The summed E-state index contributed by atoms with van der Waals surface area (Å²) in [6.45, 7) is 5.17. The molecule has 2 unspecified atom stereocenters. The lowest BCUT2D eigenvalue weighted by atomic mass is 10.1. The van der Waals surface area contributed by atoms with Gasteiger partial charge >= 0.3 is 12.0 Å². The van der Waals surface area contributed by atoms with E-state index in [9.17, 15) is 9.59 Å². The van der Waals surface area contributed by atoms with Gasteiger partial charge in [-0.2, -0.15) is 0 Å². The van der Waals surface area contributed by atoms with Gasteiger partial charge in [-0.15, -0.1) is 0 Å². The van der Waals surface area contributed by atoms with E-state index in [0.29, 0.717) is 12.5 Å². The number of rotatable bonds is 5. The largest absolute Gasteiger partial charge is 0.480 e. The lowest BCUT2D eigenvalue weighted by Crippen LogP contribution is -2.43. The van der Waals surface area contributed by atoms with E-state index < -0.39 is 5.97 Å². The van der Waals surface area contributed by atoms with Gasteiger partial charge in [0.05, 0.1) is 6.61 Å². The van der Waals surface area contributed by atoms with Crippen LogP contribution in [0, 0.1) is 5.92 Å². The van der Waals surface area contributed by atoms with Crippen LogP contribution in [0.3, 0.4) is 0 Å². The van der Waals surface area contributed by atoms with Crippen LogP contribution in [0.25, 0.3) is 0 Å². The Balaban J connectivity index is 2.15. The van der Waals surface area contributed by atoms with Gasteiger partial charge in [-0.05, 0) is 19.3 Å². The molecule has 0 spiro atoms. The van der Waals surface area contributed by atoms with E-state index in [-0.39, 0.29) is 25.3 Å². The first kappa shape index (κ1) is 13.8. The number of aliphatic carboxylic acids is 1. The molecular weight excluding hydrogens is 224 g/mol. The van der Waals surface area contributed by atoms with Crippen LogP contribution in [0.15, 0.2) is 0 Å². The molecule has 6 nitrogen and oxygen atoms in total. The molecule has 2 atom stereocenters. The first-order valence-corrected chi connectivity index (χ1v) is 5.84. The number of ether oxygens (including phenoxy) is 1. The quantitative estimate of drug-likeness (QED) is 0.691. The molecule has 1 heterocycles. The van der Waals surface area contributed by atoms with Crippen LogP contribution in [0.4, 0.5) is 4.79 Å². The zero-order valence-electron chi connectivity index (χ0n) is 10.3. The number of carbonyl (C=O) groups excluding carboxylic acids is 1. The van der Waals surface area contributed by atoms with Crippen LogP contribution < -0.4 is 5.32 Å². The molecule has 0 aromatic heterocycles. The Labute approximate surface area is 101 Å². The van der Waals surface area contributed by atoms with Gasteiger partial charge in [0.1, 0.15) is 6.61 Å². The Bertz CT molecular complexity index is 283. The van der Waals surface area contributed by atoms with Crippen molar-refractivity contribution in [1.82, 2.24) is 10.2 Å². The molecule has 98 valence electrons. The highest BCUT2D eigenvalue weighted by Gasteiger charge is 2.29. The number of carbonyl (C=O) groups is 2. The number of hydrogen-bond donors (Lipinski definition) is 2. The highest BCUT2D eigenvalue weighted by molar-refractivity contribution is 5.74. The van der Waals surface area contributed by atoms with Crippen molar-refractivity contribution < 1.29 is 19.4 Å². The molecule has 0 bridgehead atoms. The van der Waals surface area contributed by atoms with Crippen LogP contribution in [-0.4, -0.2) is 54.4 Å². The normalized spacial score (nSPS) is 23.8. The highest BCUT2D eigenvalue weighted by atomic mass is 16.5. The molecule has 2 N–H and O–H groups in total. The third kappa shape index (κ3) is 4.60. The van der Waals surface area contributed by atoms with Crippen LogP contribution >= 0.6 is 0 Å². The summed E-state index contributed by atoms with van der Waals surface area (Å²) in [5.41, 5.74) is 0. The van der Waals surface area contributed by atoms with E-state index in [2.05, 4.69) is 12.2 Å². The fraction of sp³-hybridized carbons (Fsp3) is 0.818. The summed E-state index contributed by atoms with van der Waals surface area (Å²) in [5.74, 6) is -0.461. The second kappa shape index (κ2) is 6.44. The molecule has 0 aromatic carbocycles. The van der Waals surface area contributed by atoms with E-state index in [1.54, 1.807) is 0 Å². The molecule has 2 amide bonds. The maximum atomic E-state index is 11.7. The minimum atomic E-state index is -1.00. The van der Waals surface area contributed by atoms with Crippen LogP contribution in [-0.2, 0) is 9.53 Å². The Morgan fingerprint density at radius 1 is 1.47 bits per heavy atom. The molecule has 6 heteroatoms. The Kier molecular flexibility index (Phi) is 5.21. The van der Waals surface area contributed by atoms with Crippen LogP contribution in [0.5, 0.6) is 0 Å². The van der Waals surface area contributed by atoms with Crippen molar-refractivity contribution in [3.8, 4) is 0 Å². The average Bonchev–Trinajstić information content (AvgIpc) is 2.56. The van der Waals surface area contributed by atoms with Gasteiger partial charge in [0.15, 0.2) is 0 Å². The minimum absolute atomic E-state index is 0.0965. The van der Waals surface area contributed by atoms with Gasteiger partial charge in [0, 0.05) is 19.1 Å². The van der Waals surface area contributed by atoms with Crippen molar-refractivity contribution in [2.24, 2.45) is 5.92 Å². The molecule has 0 radical (unpaired) electrons. The molecule has 1 fully saturated rings. The average molecular weight is 244 g/mol. The third-order valence-electron chi connectivity index (χ3n) is 2.79. The smallest absolute Gasteiger partial charge is 0.329 e. The summed E-state index contributed by atoms with van der Waals surface area (Å²) in [6, 6.07) is 0.172. The second-order valence-corrected chi connectivity index (χ2v) is 4.52. The number of nitrogens with one attached hydrogen (secondary N) is 1. The van der Waals surface area contributed by atoms with E-state index in [1.165, 1.54) is 0 Å². The van der Waals surface area contributed by atoms with Gasteiger partial charge in [-0.3, -0.25) is 0 Å². The molecule has 1 rings (SSSR count). The number of carboxylic acid groups (broad SMARTS) is 1. The number of nitrogens with zero attached hydrogens (tertiary/aromatic N) is 1. The lowest BCUT2D eigenvalue weighted by molar-refractivity contribution is -0.142. The molecule has 17 heavy (non-hydrogen) atoms.